The van der Waals surface area contributed by atoms with Crippen molar-refractivity contribution < 1.29 is 9.47 Å². The Bertz CT molecular complexity index is 446. The predicted octanol–water partition coefficient (Wildman–Crippen LogP) is 1.86. The van der Waals surface area contributed by atoms with Gasteiger partial charge in [-0.1, -0.05) is 12.1 Å². The van der Waals surface area contributed by atoms with Crippen LogP contribution in [-0.2, 0) is 0 Å². The van der Waals surface area contributed by atoms with E-state index in [-0.39, 0.29) is 5.84 Å². The first-order valence-electron chi connectivity index (χ1n) is 7.03. The summed E-state index contributed by atoms with van der Waals surface area (Å²) in [6.45, 7) is 2.32. The molecule has 1 fully saturated rings. The number of nitrogens with zero attached hydrogens (tertiary/aromatic N) is 1. The molecule has 1 aromatic carbocycles. The van der Waals surface area contributed by atoms with Crippen LogP contribution < -0.4 is 15.2 Å². The van der Waals surface area contributed by atoms with E-state index >= 15 is 0 Å². The maximum absolute atomic E-state index is 7.32. The molecule has 0 aliphatic heterocycles. The number of rotatable bonds is 9. The molecule has 0 amide bonds. The lowest BCUT2D eigenvalue weighted by Crippen LogP contribution is -2.33. The van der Waals surface area contributed by atoms with Crippen LogP contribution in [0.2, 0.25) is 0 Å². The van der Waals surface area contributed by atoms with Crippen LogP contribution in [0.3, 0.4) is 0 Å². The van der Waals surface area contributed by atoms with E-state index in [9.17, 15) is 0 Å². The van der Waals surface area contributed by atoms with E-state index in [1.807, 2.05) is 24.3 Å². The Labute approximate surface area is 120 Å². The average Bonchev–Trinajstić information content (AvgIpc) is 3.27. The summed E-state index contributed by atoms with van der Waals surface area (Å²) in [6.07, 6.45) is 3.12. The molecule has 0 atom stereocenters. The third-order valence-electron chi connectivity index (χ3n) is 3.44. The fraction of sp³-hybridized carbons (Fsp3) is 0.533. The van der Waals surface area contributed by atoms with Gasteiger partial charge in [-0.2, -0.15) is 0 Å². The van der Waals surface area contributed by atoms with Crippen molar-refractivity contribution in [1.29, 1.82) is 5.41 Å². The van der Waals surface area contributed by atoms with Gasteiger partial charge in [0.15, 0.2) is 11.5 Å². The maximum atomic E-state index is 7.32. The van der Waals surface area contributed by atoms with Gasteiger partial charge in [-0.3, -0.25) is 10.3 Å². The Balaban J connectivity index is 1.79. The summed E-state index contributed by atoms with van der Waals surface area (Å²) >= 11 is 0. The lowest BCUT2D eigenvalue weighted by atomic mass is 10.3. The quantitative estimate of drug-likeness (QED) is 0.534. The molecule has 0 bridgehead atoms. The average molecular weight is 277 g/mol. The first-order valence-corrected chi connectivity index (χ1v) is 7.03. The van der Waals surface area contributed by atoms with Crippen LogP contribution in [-0.4, -0.2) is 43.6 Å². The molecule has 3 N–H and O–H groups in total. The molecule has 0 spiro atoms. The van der Waals surface area contributed by atoms with Crippen LogP contribution in [0.5, 0.6) is 11.5 Å². The Morgan fingerprint density at radius 3 is 2.60 bits per heavy atom. The smallest absolute Gasteiger partial charge is 0.161 e. The van der Waals surface area contributed by atoms with Crippen molar-refractivity contribution in [2.75, 3.05) is 26.8 Å². The minimum Gasteiger partial charge on any atom is -0.493 e. The summed E-state index contributed by atoms with van der Waals surface area (Å²) in [6, 6.07) is 8.32. The Kier molecular flexibility index (Phi) is 5.24. The minimum atomic E-state index is 0.251. The van der Waals surface area contributed by atoms with E-state index in [1.165, 1.54) is 12.8 Å². The third kappa shape index (κ3) is 4.42. The van der Waals surface area contributed by atoms with E-state index in [0.717, 1.165) is 24.6 Å². The summed E-state index contributed by atoms with van der Waals surface area (Å²) in [7, 11) is 1.64. The molecule has 1 aliphatic carbocycles. The molecule has 5 nitrogen and oxygen atoms in total. The zero-order valence-electron chi connectivity index (χ0n) is 12.0. The van der Waals surface area contributed by atoms with Crippen molar-refractivity contribution >= 4 is 5.84 Å². The largest absolute Gasteiger partial charge is 0.493 e. The van der Waals surface area contributed by atoms with Crippen LogP contribution in [0, 0.1) is 5.41 Å². The van der Waals surface area contributed by atoms with Gasteiger partial charge in [0.25, 0.3) is 0 Å². The van der Waals surface area contributed by atoms with Crippen LogP contribution in [0.15, 0.2) is 24.3 Å². The number of nitrogens with one attached hydrogen (secondary N) is 1. The molecule has 1 saturated carbocycles. The van der Waals surface area contributed by atoms with Gasteiger partial charge < -0.3 is 15.2 Å². The number of ether oxygens (including phenoxy) is 2. The van der Waals surface area contributed by atoms with Gasteiger partial charge in [0.1, 0.15) is 6.61 Å². The maximum Gasteiger partial charge on any atom is 0.161 e. The predicted molar refractivity (Wildman–Crippen MR) is 79.6 cm³/mol. The van der Waals surface area contributed by atoms with Crippen molar-refractivity contribution in [2.45, 2.75) is 25.3 Å². The molecule has 0 saturated heterocycles. The van der Waals surface area contributed by atoms with E-state index in [4.69, 9.17) is 20.6 Å². The summed E-state index contributed by atoms with van der Waals surface area (Å²) in [5, 5.41) is 7.32. The Hall–Kier alpha value is -1.75. The fourth-order valence-corrected chi connectivity index (χ4v) is 2.19. The van der Waals surface area contributed by atoms with Gasteiger partial charge in [0.2, 0.25) is 0 Å². The van der Waals surface area contributed by atoms with Gasteiger partial charge in [-0.15, -0.1) is 0 Å². The molecule has 0 heterocycles. The zero-order chi connectivity index (χ0) is 14.4. The highest BCUT2D eigenvalue weighted by atomic mass is 16.5. The lowest BCUT2D eigenvalue weighted by molar-refractivity contribution is 0.201. The number of hydrogen-bond acceptors (Lipinski definition) is 4. The van der Waals surface area contributed by atoms with Crippen molar-refractivity contribution in [2.24, 2.45) is 5.73 Å². The number of methoxy groups -OCH3 is 1. The molecule has 110 valence electrons. The SMILES string of the molecule is COc1ccccc1OCCN(CCC(=N)N)C1CC1. The topological polar surface area (TPSA) is 71.6 Å². The second kappa shape index (κ2) is 7.14. The van der Waals surface area contributed by atoms with Gasteiger partial charge in [0, 0.05) is 25.6 Å². The molecule has 1 aliphatic rings. The summed E-state index contributed by atoms with van der Waals surface area (Å²) in [4.78, 5) is 2.36. The summed E-state index contributed by atoms with van der Waals surface area (Å²) in [5.74, 6) is 1.79. The van der Waals surface area contributed by atoms with E-state index in [0.29, 0.717) is 19.1 Å². The fourth-order valence-electron chi connectivity index (χ4n) is 2.19. The third-order valence-corrected chi connectivity index (χ3v) is 3.44. The van der Waals surface area contributed by atoms with Crippen molar-refractivity contribution in [3.8, 4) is 11.5 Å². The van der Waals surface area contributed by atoms with Gasteiger partial charge >= 0.3 is 0 Å². The molecule has 20 heavy (non-hydrogen) atoms. The highest BCUT2D eigenvalue weighted by Gasteiger charge is 2.28. The molecule has 1 aromatic rings. The van der Waals surface area contributed by atoms with E-state index < -0.39 is 0 Å². The number of nitrogens with two attached hydrogens (primary N) is 1. The van der Waals surface area contributed by atoms with E-state index in [1.54, 1.807) is 7.11 Å². The summed E-state index contributed by atoms with van der Waals surface area (Å²) < 4.78 is 11.1. The minimum absolute atomic E-state index is 0.251. The first-order chi connectivity index (χ1) is 9.70. The number of benzene rings is 1. The van der Waals surface area contributed by atoms with Crippen molar-refractivity contribution in [1.82, 2.24) is 4.90 Å². The Morgan fingerprint density at radius 1 is 1.30 bits per heavy atom. The van der Waals surface area contributed by atoms with E-state index in [2.05, 4.69) is 4.90 Å². The normalized spacial score (nSPS) is 14.3. The molecular weight excluding hydrogens is 254 g/mol. The van der Waals surface area contributed by atoms with Gasteiger partial charge in [0.05, 0.1) is 12.9 Å². The molecular formula is C15H23N3O2. The second-order valence-electron chi connectivity index (χ2n) is 5.04. The highest BCUT2D eigenvalue weighted by Crippen LogP contribution is 2.28. The zero-order valence-corrected chi connectivity index (χ0v) is 12.0. The lowest BCUT2D eigenvalue weighted by Gasteiger charge is -2.22. The number of hydrogen-bond donors (Lipinski definition) is 2. The highest BCUT2D eigenvalue weighted by molar-refractivity contribution is 5.76. The summed E-state index contributed by atoms with van der Waals surface area (Å²) in [5.41, 5.74) is 5.43. The van der Waals surface area contributed by atoms with Gasteiger partial charge in [-0.25, -0.2) is 0 Å². The van der Waals surface area contributed by atoms with Crippen molar-refractivity contribution in [3.05, 3.63) is 24.3 Å². The van der Waals surface area contributed by atoms with Crippen molar-refractivity contribution in [3.63, 3.8) is 0 Å². The van der Waals surface area contributed by atoms with Crippen LogP contribution in [0.1, 0.15) is 19.3 Å². The van der Waals surface area contributed by atoms with Crippen LogP contribution in [0.25, 0.3) is 0 Å². The molecule has 0 aromatic heterocycles. The molecule has 0 unspecified atom stereocenters. The second-order valence-corrected chi connectivity index (χ2v) is 5.04. The monoisotopic (exact) mass is 277 g/mol. The number of amidine groups is 1. The van der Waals surface area contributed by atoms with Gasteiger partial charge in [-0.05, 0) is 25.0 Å². The molecule has 0 radical (unpaired) electrons. The Morgan fingerprint density at radius 2 is 2.00 bits per heavy atom. The molecule has 5 heteroatoms. The van der Waals surface area contributed by atoms with Crippen LogP contribution in [0.4, 0.5) is 0 Å². The van der Waals surface area contributed by atoms with Crippen LogP contribution >= 0.6 is 0 Å². The number of para-hydroxylation sites is 2. The first kappa shape index (κ1) is 14.7. The standard InChI is InChI=1S/C15H23N3O2/c1-19-13-4-2-3-5-14(13)20-11-10-18(12-6-7-12)9-8-15(16)17/h2-5,12H,6-11H2,1H3,(H3,16,17). The molecule has 2 rings (SSSR count).